The largest absolute Gasteiger partial charge is 0.387 e. The van der Waals surface area contributed by atoms with Gasteiger partial charge in [-0.25, -0.2) is 36.8 Å². The topological polar surface area (TPSA) is 225 Å². The van der Waals surface area contributed by atoms with E-state index in [9.17, 15) is 36.6 Å². The van der Waals surface area contributed by atoms with E-state index in [0.717, 1.165) is 121 Å². The van der Waals surface area contributed by atoms with Gasteiger partial charge in [-0.2, -0.15) is 0 Å². The molecule has 4 aromatic carbocycles. The van der Waals surface area contributed by atoms with Crippen molar-refractivity contribution >= 4 is 43.5 Å². The van der Waals surface area contributed by atoms with Gasteiger partial charge >= 0.3 is 0 Å². The van der Waals surface area contributed by atoms with E-state index in [2.05, 4.69) is 110 Å². The maximum absolute atomic E-state index is 11.7. The first kappa shape index (κ1) is 57.1. The Bertz CT molecular complexity index is 2960. The predicted octanol–water partition coefficient (Wildman–Crippen LogP) is 9.39. The van der Waals surface area contributed by atoms with Crippen molar-refractivity contribution in [1.29, 1.82) is 0 Å². The van der Waals surface area contributed by atoms with Crippen LogP contribution in [-0.2, 0) is 29.6 Å². The lowest BCUT2D eigenvalue weighted by atomic mass is 10.00. The molecule has 0 bridgehead atoms. The van der Waals surface area contributed by atoms with Crippen LogP contribution in [0.15, 0.2) is 97.1 Å². The maximum atomic E-state index is 11.7. The van der Waals surface area contributed by atoms with E-state index in [0.29, 0.717) is 50.2 Å². The number of hydrogen-bond acceptors (Lipinski definition) is 14. The summed E-state index contributed by atoms with van der Waals surface area (Å²) in [5.74, 6) is 0.523. The molecular weight excluding hydrogens is 1000 g/mol. The number of sulfonamides is 2. The molecule has 0 aliphatic carbocycles. The predicted molar refractivity (Wildman–Crippen MR) is 300 cm³/mol. The van der Waals surface area contributed by atoms with Crippen molar-refractivity contribution in [1.82, 2.24) is 29.4 Å². The molecule has 76 heavy (non-hydrogen) atoms. The van der Waals surface area contributed by atoms with Gasteiger partial charge in [-0.1, -0.05) is 145 Å². The van der Waals surface area contributed by atoms with Crippen LogP contribution in [0, 0.1) is 27.7 Å². The number of carbonyl (C=O) groups is 2. The van der Waals surface area contributed by atoms with Crippen molar-refractivity contribution in [2.24, 2.45) is 0 Å². The molecule has 2 atom stereocenters. The summed E-state index contributed by atoms with van der Waals surface area (Å²) in [6.07, 6.45) is 8.70. The zero-order valence-electron chi connectivity index (χ0n) is 44.5. The number of carbonyl (C=O) groups excluding carboxylic acids is 2. The number of nitrogens with one attached hydrogen (secondary N) is 2. The van der Waals surface area contributed by atoms with Crippen molar-refractivity contribution in [2.75, 3.05) is 48.5 Å². The first-order valence-corrected chi connectivity index (χ1v) is 30.0. The molecule has 0 saturated carbocycles. The molecule has 404 valence electrons. The molecule has 18 heteroatoms. The molecule has 6 aromatic rings. The van der Waals surface area contributed by atoms with E-state index in [1.165, 1.54) is 22.3 Å². The number of aryl methyl sites for hydroxylation is 4. The van der Waals surface area contributed by atoms with Crippen LogP contribution in [0.5, 0.6) is 0 Å². The molecule has 0 fully saturated rings. The molecule has 2 amide bonds. The van der Waals surface area contributed by atoms with E-state index < -0.39 is 44.1 Å². The molecule has 0 unspecified atom stereocenters. The van der Waals surface area contributed by atoms with Crippen LogP contribution < -0.4 is 19.2 Å². The Labute approximate surface area is 448 Å². The quantitative estimate of drug-likeness (QED) is 0.0523. The summed E-state index contributed by atoms with van der Waals surface area (Å²) >= 11 is 0. The third-order valence-corrected chi connectivity index (χ3v) is 14.6. The zero-order chi connectivity index (χ0) is 54.6. The summed E-state index contributed by atoms with van der Waals surface area (Å²) in [4.78, 5) is 48.0. The number of benzene rings is 4. The number of aliphatic hydroxyl groups is 2. The lowest BCUT2D eigenvalue weighted by Gasteiger charge is -2.33. The van der Waals surface area contributed by atoms with Gasteiger partial charge in [-0.3, -0.25) is 19.0 Å². The number of hydrogen-bond donors (Lipinski definition) is 4. The Kier molecular flexibility index (Phi) is 19.5. The van der Waals surface area contributed by atoms with Crippen molar-refractivity contribution in [3.8, 4) is 45.0 Å². The van der Waals surface area contributed by atoms with Gasteiger partial charge in [-0.15, -0.1) is 0 Å². The van der Waals surface area contributed by atoms with Gasteiger partial charge in [0.2, 0.25) is 31.9 Å². The molecule has 16 nitrogen and oxygen atoms in total. The Balaban J connectivity index is 0.000000221. The standard InChI is InChI=1S/2C29H36N4O4S/c2*1-20-9-13-22(14-10-20)26-27(23-15-11-21(2)12-16-23)31-29-28(30-26)24(34)17-19-33(29)18-7-5-4-6-8-25(35)32-38(3,36)37/h2*9-16,24,34H,4-8,17-19H2,1-3H3,(H,32,35)/t2*24-/m10/s1. The van der Waals surface area contributed by atoms with Crippen molar-refractivity contribution in [2.45, 2.75) is 117 Å². The Morgan fingerprint density at radius 2 is 0.737 bits per heavy atom. The minimum atomic E-state index is -3.51. The van der Waals surface area contributed by atoms with Crippen LogP contribution in [-0.4, -0.2) is 97.5 Å². The SMILES string of the molecule is Cc1ccc(-c2nc3c(nc2-c2ccc(C)cc2)N(CCCCCCC(=O)NS(C)(=O)=O)CC[C@@H]3O)cc1.Cc1ccc(-c2nc3c(nc2-c2ccc(C)cc2)N(CCCCCCC(=O)NS(C)(=O)=O)CC[C@H]3O)cc1. The van der Waals surface area contributed by atoms with Crippen LogP contribution in [0.2, 0.25) is 0 Å². The fourth-order valence-corrected chi connectivity index (χ4v) is 10.3. The summed E-state index contributed by atoms with van der Waals surface area (Å²) in [6, 6.07) is 32.9. The van der Waals surface area contributed by atoms with E-state index in [4.69, 9.17) is 19.9 Å². The molecule has 4 heterocycles. The Morgan fingerprint density at radius 1 is 0.461 bits per heavy atom. The van der Waals surface area contributed by atoms with Crippen LogP contribution >= 0.6 is 0 Å². The van der Waals surface area contributed by atoms with Crippen molar-refractivity contribution in [3.63, 3.8) is 0 Å². The second-order valence-corrected chi connectivity index (χ2v) is 23.7. The van der Waals surface area contributed by atoms with Crippen LogP contribution in [0.25, 0.3) is 45.0 Å². The number of unbranched alkanes of at least 4 members (excludes halogenated alkanes) is 6. The van der Waals surface area contributed by atoms with Gasteiger partial charge < -0.3 is 20.0 Å². The normalized spacial score (nSPS) is 15.3. The molecule has 8 rings (SSSR count). The second kappa shape index (κ2) is 26.0. The Hall–Kier alpha value is -6.60. The zero-order valence-corrected chi connectivity index (χ0v) is 46.2. The average molecular weight is 1070 g/mol. The highest BCUT2D eigenvalue weighted by Gasteiger charge is 2.31. The molecule has 2 aliphatic rings. The highest BCUT2D eigenvalue weighted by molar-refractivity contribution is 7.89. The maximum Gasteiger partial charge on any atom is 0.233 e. The van der Waals surface area contributed by atoms with Gasteiger partial charge in [0.05, 0.1) is 35.3 Å². The highest BCUT2D eigenvalue weighted by Crippen LogP contribution is 2.40. The number of aromatic nitrogens is 4. The van der Waals surface area contributed by atoms with Gasteiger partial charge in [0.15, 0.2) is 11.6 Å². The molecule has 0 saturated heterocycles. The highest BCUT2D eigenvalue weighted by atomic mass is 32.2. The lowest BCUT2D eigenvalue weighted by molar-refractivity contribution is -0.120. The van der Waals surface area contributed by atoms with E-state index in [-0.39, 0.29) is 12.8 Å². The average Bonchev–Trinajstić information content (AvgIpc) is 3.37. The summed E-state index contributed by atoms with van der Waals surface area (Å²) in [5.41, 5.74) is 12.9. The summed E-state index contributed by atoms with van der Waals surface area (Å²) in [7, 11) is -7.01. The van der Waals surface area contributed by atoms with Crippen LogP contribution in [0.3, 0.4) is 0 Å². The minimum absolute atomic E-state index is 0.193. The molecule has 4 N–H and O–H groups in total. The monoisotopic (exact) mass is 1070 g/mol. The minimum Gasteiger partial charge on any atom is -0.387 e. The number of nitrogens with zero attached hydrogens (tertiary/aromatic N) is 6. The smallest absolute Gasteiger partial charge is 0.233 e. The van der Waals surface area contributed by atoms with Crippen molar-refractivity contribution in [3.05, 3.63) is 131 Å². The van der Waals surface area contributed by atoms with Crippen LogP contribution in [0.1, 0.15) is 123 Å². The molecule has 0 spiro atoms. The number of fused-ring (bicyclic) bond motifs is 2. The van der Waals surface area contributed by atoms with E-state index in [1.807, 2.05) is 33.7 Å². The summed E-state index contributed by atoms with van der Waals surface area (Å²) in [6.45, 7) is 11.1. The molecular formula is C58H72N8O8S2. The molecule has 2 aromatic heterocycles. The number of rotatable bonds is 20. The molecule has 2 aliphatic heterocycles. The molecule has 0 radical (unpaired) electrons. The first-order chi connectivity index (χ1) is 36.2. The van der Waals surface area contributed by atoms with Gasteiger partial charge in [0.1, 0.15) is 23.6 Å². The van der Waals surface area contributed by atoms with E-state index in [1.54, 1.807) is 0 Å². The summed E-state index contributed by atoms with van der Waals surface area (Å²) < 4.78 is 48.6. The van der Waals surface area contributed by atoms with Gasteiger partial charge in [-0.05, 0) is 66.2 Å². The van der Waals surface area contributed by atoms with Crippen LogP contribution in [0.4, 0.5) is 11.6 Å². The number of amides is 2. The number of aliphatic hydroxyl groups excluding tert-OH is 2. The van der Waals surface area contributed by atoms with E-state index >= 15 is 0 Å². The Morgan fingerprint density at radius 3 is 1.03 bits per heavy atom. The van der Waals surface area contributed by atoms with Gasteiger partial charge in [0, 0.05) is 61.3 Å². The lowest BCUT2D eigenvalue weighted by Crippen LogP contribution is -2.34. The fraction of sp³-hybridized carbons (Fsp3) is 0.414. The summed E-state index contributed by atoms with van der Waals surface area (Å²) in [5, 5.41) is 21.7. The van der Waals surface area contributed by atoms with Crippen molar-refractivity contribution < 1.29 is 36.6 Å². The van der Waals surface area contributed by atoms with Gasteiger partial charge in [0.25, 0.3) is 0 Å². The number of anilines is 2. The third-order valence-electron chi connectivity index (χ3n) is 13.4. The third kappa shape index (κ3) is 16.2. The first-order valence-electron chi connectivity index (χ1n) is 26.2. The second-order valence-electron chi connectivity index (χ2n) is 20.2. The fourth-order valence-electron chi connectivity index (χ4n) is 9.32.